The van der Waals surface area contributed by atoms with Crippen molar-refractivity contribution in [3.63, 3.8) is 0 Å². The average molecular weight is 338 g/mol. The van der Waals surface area contributed by atoms with Crippen LogP contribution in [0.15, 0.2) is 36.8 Å². The molecule has 2 aliphatic heterocycles. The van der Waals surface area contributed by atoms with Gasteiger partial charge in [0.05, 0.1) is 42.2 Å². The fourth-order valence-electron chi connectivity index (χ4n) is 4.17. The van der Waals surface area contributed by atoms with Crippen LogP contribution in [0, 0.1) is 5.41 Å². The SMILES string of the molecule is CC(C)(C)C1c2cncn2-c2ccccc2N1C(=O)CN1CCCC1. The van der Waals surface area contributed by atoms with Gasteiger partial charge in [-0.15, -0.1) is 0 Å². The van der Waals surface area contributed by atoms with E-state index in [9.17, 15) is 4.79 Å². The van der Waals surface area contributed by atoms with E-state index in [0.29, 0.717) is 6.54 Å². The molecule has 1 amide bonds. The number of amides is 1. The summed E-state index contributed by atoms with van der Waals surface area (Å²) in [6.07, 6.45) is 6.15. The van der Waals surface area contributed by atoms with Crippen LogP contribution in [0.2, 0.25) is 0 Å². The molecule has 5 heteroatoms. The van der Waals surface area contributed by atoms with E-state index in [2.05, 4.69) is 47.4 Å². The van der Waals surface area contributed by atoms with Gasteiger partial charge in [0.25, 0.3) is 0 Å². The minimum Gasteiger partial charge on any atom is -0.300 e. The second-order valence-corrected chi connectivity index (χ2v) is 8.19. The van der Waals surface area contributed by atoms with Crippen molar-refractivity contribution in [3.8, 4) is 5.69 Å². The van der Waals surface area contributed by atoms with Gasteiger partial charge in [-0.05, 0) is 43.5 Å². The smallest absolute Gasteiger partial charge is 0.241 e. The Bertz CT molecular complexity index is 783. The molecule has 1 saturated heterocycles. The van der Waals surface area contributed by atoms with E-state index in [4.69, 9.17) is 0 Å². The maximum Gasteiger partial charge on any atom is 0.241 e. The predicted octanol–water partition coefficient (Wildman–Crippen LogP) is 3.40. The summed E-state index contributed by atoms with van der Waals surface area (Å²) in [7, 11) is 0. The molecule has 0 N–H and O–H groups in total. The zero-order valence-corrected chi connectivity index (χ0v) is 15.3. The van der Waals surface area contributed by atoms with Crippen LogP contribution in [0.3, 0.4) is 0 Å². The van der Waals surface area contributed by atoms with Crippen molar-refractivity contribution in [1.82, 2.24) is 14.5 Å². The number of aromatic nitrogens is 2. The molecule has 2 aliphatic rings. The number of benzene rings is 1. The van der Waals surface area contributed by atoms with Crippen LogP contribution in [0.25, 0.3) is 5.69 Å². The van der Waals surface area contributed by atoms with Gasteiger partial charge in [0.1, 0.15) is 0 Å². The number of para-hydroxylation sites is 2. The molecule has 2 aromatic rings. The van der Waals surface area contributed by atoms with Crippen molar-refractivity contribution in [2.75, 3.05) is 24.5 Å². The van der Waals surface area contributed by atoms with E-state index in [0.717, 1.165) is 30.2 Å². The highest BCUT2D eigenvalue weighted by Crippen LogP contribution is 2.46. The highest BCUT2D eigenvalue weighted by atomic mass is 16.2. The third-order valence-corrected chi connectivity index (χ3v) is 5.25. The van der Waals surface area contributed by atoms with E-state index in [1.54, 1.807) is 0 Å². The normalized spacial score (nSPS) is 20.4. The number of likely N-dealkylation sites (tertiary alicyclic amines) is 1. The molecule has 4 rings (SSSR count). The lowest BCUT2D eigenvalue weighted by Gasteiger charge is -2.44. The van der Waals surface area contributed by atoms with Crippen molar-refractivity contribution < 1.29 is 4.79 Å². The molecule has 1 unspecified atom stereocenters. The Labute approximate surface area is 149 Å². The van der Waals surface area contributed by atoms with Crippen molar-refractivity contribution in [1.29, 1.82) is 0 Å². The number of carbonyl (C=O) groups excluding carboxylic acids is 1. The highest BCUT2D eigenvalue weighted by Gasteiger charge is 2.42. The summed E-state index contributed by atoms with van der Waals surface area (Å²) in [6.45, 7) is 9.13. The maximum absolute atomic E-state index is 13.4. The average Bonchev–Trinajstić information content (AvgIpc) is 3.23. The number of anilines is 1. The van der Waals surface area contributed by atoms with Crippen molar-refractivity contribution in [2.24, 2.45) is 5.41 Å². The summed E-state index contributed by atoms with van der Waals surface area (Å²) in [6, 6.07) is 8.12. The molecule has 1 fully saturated rings. The Kier molecular flexibility index (Phi) is 3.91. The van der Waals surface area contributed by atoms with Gasteiger partial charge in [-0.3, -0.25) is 19.2 Å². The highest BCUT2D eigenvalue weighted by molar-refractivity contribution is 5.98. The van der Waals surface area contributed by atoms with Crippen LogP contribution in [-0.4, -0.2) is 40.0 Å². The van der Waals surface area contributed by atoms with Crippen molar-refractivity contribution in [3.05, 3.63) is 42.5 Å². The first-order valence-electron chi connectivity index (χ1n) is 9.13. The van der Waals surface area contributed by atoms with Crippen molar-refractivity contribution in [2.45, 2.75) is 39.7 Å². The van der Waals surface area contributed by atoms with Crippen LogP contribution in [0.1, 0.15) is 45.3 Å². The fourth-order valence-corrected chi connectivity index (χ4v) is 4.17. The number of carbonyl (C=O) groups is 1. The lowest BCUT2D eigenvalue weighted by atomic mass is 9.82. The number of fused-ring (bicyclic) bond motifs is 3. The summed E-state index contributed by atoms with van der Waals surface area (Å²) in [5, 5.41) is 0. The number of imidazole rings is 1. The predicted molar refractivity (Wildman–Crippen MR) is 98.9 cm³/mol. The van der Waals surface area contributed by atoms with Gasteiger partial charge < -0.3 is 0 Å². The largest absolute Gasteiger partial charge is 0.300 e. The molecule has 1 aromatic heterocycles. The Hall–Kier alpha value is -2.14. The molecule has 0 spiro atoms. The Morgan fingerprint density at radius 2 is 1.84 bits per heavy atom. The summed E-state index contributed by atoms with van der Waals surface area (Å²) in [5.74, 6) is 0.182. The Balaban J connectivity index is 1.80. The summed E-state index contributed by atoms with van der Waals surface area (Å²) >= 11 is 0. The lowest BCUT2D eigenvalue weighted by Crippen LogP contribution is -2.48. The van der Waals surface area contributed by atoms with Gasteiger partial charge in [0.2, 0.25) is 5.91 Å². The molecule has 0 aliphatic carbocycles. The quantitative estimate of drug-likeness (QED) is 0.843. The molecule has 1 aromatic carbocycles. The molecule has 0 saturated carbocycles. The number of nitrogens with zero attached hydrogens (tertiary/aromatic N) is 4. The van der Waals surface area contributed by atoms with E-state index in [1.165, 1.54) is 12.8 Å². The van der Waals surface area contributed by atoms with Gasteiger partial charge in [0, 0.05) is 0 Å². The van der Waals surface area contributed by atoms with Crippen LogP contribution < -0.4 is 4.90 Å². The summed E-state index contributed by atoms with van der Waals surface area (Å²) in [5.41, 5.74) is 3.01. The van der Waals surface area contributed by atoms with Gasteiger partial charge in [-0.2, -0.15) is 0 Å². The third-order valence-electron chi connectivity index (χ3n) is 5.25. The molecule has 5 nitrogen and oxygen atoms in total. The van der Waals surface area contributed by atoms with Crippen LogP contribution in [0.5, 0.6) is 0 Å². The molecule has 25 heavy (non-hydrogen) atoms. The Morgan fingerprint density at radius 1 is 1.16 bits per heavy atom. The van der Waals surface area contributed by atoms with E-state index in [-0.39, 0.29) is 17.4 Å². The Morgan fingerprint density at radius 3 is 2.52 bits per heavy atom. The molecule has 1 atom stereocenters. The van der Waals surface area contributed by atoms with Crippen LogP contribution in [-0.2, 0) is 4.79 Å². The molecule has 132 valence electrons. The minimum absolute atomic E-state index is 0.0278. The molecular formula is C20H26N4O. The lowest BCUT2D eigenvalue weighted by molar-refractivity contribution is -0.120. The van der Waals surface area contributed by atoms with Gasteiger partial charge in [0.15, 0.2) is 0 Å². The van der Waals surface area contributed by atoms with E-state index in [1.807, 2.05) is 29.6 Å². The molecule has 0 radical (unpaired) electrons. The fraction of sp³-hybridized carbons (Fsp3) is 0.500. The van der Waals surface area contributed by atoms with Crippen molar-refractivity contribution >= 4 is 11.6 Å². The zero-order valence-electron chi connectivity index (χ0n) is 15.3. The maximum atomic E-state index is 13.4. The standard InChI is InChI=1S/C20H26N4O/c1-20(2,3)19-17-12-21-14-23(17)15-8-4-5-9-16(15)24(19)18(25)13-22-10-6-7-11-22/h4-5,8-9,12,14,19H,6-7,10-11,13H2,1-3H3. The van der Waals surface area contributed by atoms with E-state index < -0.39 is 0 Å². The minimum atomic E-state index is -0.0913. The van der Waals surface area contributed by atoms with E-state index >= 15 is 0 Å². The van der Waals surface area contributed by atoms with Crippen LogP contribution >= 0.6 is 0 Å². The topological polar surface area (TPSA) is 41.4 Å². The first kappa shape index (κ1) is 16.3. The molecular weight excluding hydrogens is 312 g/mol. The number of rotatable bonds is 2. The van der Waals surface area contributed by atoms with Gasteiger partial charge in [-0.25, -0.2) is 4.98 Å². The van der Waals surface area contributed by atoms with Gasteiger partial charge in [-0.1, -0.05) is 32.9 Å². The first-order chi connectivity index (χ1) is 12.0. The number of hydrogen-bond donors (Lipinski definition) is 0. The molecule has 0 bridgehead atoms. The molecule has 3 heterocycles. The zero-order chi connectivity index (χ0) is 17.6. The van der Waals surface area contributed by atoms with Gasteiger partial charge >= 0.3 is 0 Å². The summed E-state index contributed by atoms with van der Waals surface area (Å²) < 4.78 is 2.13. The second-order valence-electron chi connectivity index (χ2n) is 8.19. The monoisotopic (exact) mass is 338 g/mol. The third kappa shape index (κ3) is 2.76. The second kappa shape index (κ2) is 5.99. The first-order valence-corrected chi connectivity index (χ1v) is 9.13. The summed E-state index contributed by atoms with van der Waals surface area (Å²) in [4.78, 5) is 22.0. The number of hydrogen-bond acceptors (Lipinski definition) is 3. The van der Waals surface area contributed by atoms with Crippen LogP contribution in [0.4, 0.5) is 5.69 Å².